The van der Waals surface area contributed by atoms with E-state index in [1.54, 1.807) is 6.92 Å². The Balaban J connectivity index is 2.51. The second-order valence-corrected chi connectivity index (χ2v) is 7.35. The summed E-state index contributed by atoms with van der Waals surface area (Å²) in [6.07, 6.45) is 1.82. The second-order valence-electron chi connectivity index (χ2n) is 5.43. The summed E-state index contributed by atoms with van der Waals surface area (Å²) >= 11 is 0. The average Bonchev–Trinajstić information content (AvgIpc) is 2.28. The number of aromatic nitrogens is 1. The van der Waals surface area contributed by atoms with Gasteiger partial charge in [0.05, 0.1) is 5.75 Å². The van der Waals surface area contributed by atoms with E-state index in [0.29, 0.717) is 18.9 Å². The van der Waals surface area contributed by atoms with Crippen molar-refractivity contribution in [1.29, 1.82) is 0 Å². The van der Waals surface area contributed by atoms with Crippen LogP contribution in [0.25, 0.3) is 0 Å². The van der Waals surface area contributed by atoms with Gasteiger partial charge in [-0.1, -0.05) is 33.8 Å². The highest BCUT2D eigenvalue weighted by atomic mass is 32.2. The molecule has 1 aromatic heterocycles. The molecule has 0 amide bonds. The van der Waals surface area contributed by atoms with Crippen LogP contribution in [0.1, 0.15) is 33.3 Å². The summed E-state index contributed by atoms with van der Waals surface area (Å²) in [6.45, 7) is 8.90. The van der Waals surface area contributed by atoms with Gasteiger partial charge in [-0.05, 0) is 17.0 Å². The molecule has 0 saturated heterocycles. The normalized spacial score (nSPS) is 12.4. The summed E-state index contributed by atoms with van der Waals surface area (Å²) < 4.78 is 25.3. The quantitative estimate of drug-likeness (QED) is 0.835. The highest BCUT2D eigenvalue weighted by molar-refractivity contribution is 7.89. The van der Waals surface area contributed by atoms with Crippen LogP contribution in [0.2, 0.25) is 0 Å². The maximum absolute atomic E-state index is 11.4. The molecule has 0 radical (unpaired) electrons. The maximum Gasteiger partial charge on any atom is 0.213 e. The third kappa shape index (κ3) is 5.57. The van der Waals surface area contributed by atoms with Gasteiger partial charge in [0.15, 0.2) is 0 Å². The zero-order chi connectivity index (χ0) is 14.5. The Kier molecular flexibility index (Phi) is 5.31. The van der Waals surface area contributed by atoms with Crippen molar-refractivity contribution >= 4 is 15.8 Å². The molecule has 0 unspecified atom stereocenters. The minimum atomic E-state index is -3.17. The molecule has 0 atom stereocenters. The lowest BCUT2D eigenvalue weighted by atomic mass is 9.88. The Morgan fingerprint density at radius 2 is 1.95 bits per heavy atom. The highest BCUT2D eigenvalue weighted by Crippen LogP contribution is 2.21. The number of nitrogens with one attached hydrogen (secondary N) is 2. The lowest BCUT2D eigenvalue weighted by molar-refractivity contribution is 0.584. The molecular weight excluding hydrogens is 262 g/mol. The number of nitrogens with zero attached hydrogens (tertiary/aromatic N) is 1. The third-order valence-electron chi connectivity index (χ3n) is 2.67. The maximum atomic E-state index is 11.4. The van der Waals surface area contributed by atoms with Gasteiger partial charge < -0.3 is 5.32 Å². The van der Waals surface area contributed by atoms with Gasteiger partial charge in [-0.2, -0.15) is 0 Å². The molecule has 6 heteroatoms. The first-order valence-corrected chi connectivity index (χ1v) is 8.07. The Morgan fingerprint density at radius 1 is 1.26 bits per heavy atom. The summed E-state index contributed by atoms with van der Waals surface area (Å²) in [5, 5.41) is 3.01. The number of hydrogen-bond acceptors (Lipinski definition) is 4. The molecule has 0 bridgehead atoms. The molecular formula is C13H23N3O2S. The van der Waals surface area contributed by atoms with Crippen LogP contribution in [-0.2, 0) is 15.4 Å². The monoisotopic (exact) mass is 285 g/mol. The molecule has 1 heterocycles. The Hall–Kier alpha value is -1.14. The predicted octanol–water partition coefficient (Wildman–Crippen LogP) is 1.73. The Bertz CT molecular complexity index is 490. The van der Waals surface area contributed by atoms with Crippen LogP contribution < -0.4 is 10.0 Å². The van der Waals surface area contributed by atoms with Crippen molar-refractivity contribution < 1.29 is 8.42 Å². The zero-order valence-corrected chi connectivity index (χ0v) is 12.8. The van der Waals surface area contributed by atoms with Crippen molar-refractivity contribution in [2.45, 2.75) is 33.1 Å². The first kappa shape index (κ1) is 15.9. The van der Waals surface area contributed by atoms with E-state index in [4.69, 9.17) is 0 Å². The Labute approximate surface area is 115 Å². The second kappa shape index (κ2) is 6.34. The predicted molar refractivity (Wildman–Crippen MR) is 78.9 cm³/mol. The van der Waals surface area contributed by atoms with Gasteiger partial charge in [0.2, 0.25) is 10.0 Å². The van der Waals surface area contributed by atoms with E-state index < -0.39 is 10.0 Å². The van der Waals surface area contributed by atoms with E-state index in [0.717, 1.165) is 5.56 Å². The summed E-state index contributed by atoms with van der Waals surface area (Å²) in [5.41, 5.74) is 1.22. The molecule has 0 spiro atoms. The van der Waals surface area contributed by atoms with Crippen LogP contribution in [0.4, 0.5) is 5.82 Å². The van der Waals surface area contributed by atoms with Crippen molar-refractivity contribution in [1.82, 2.24) is 9.71 Å². The third-order valence-corrected chi connectivity index (χ3v) is 4.14. The van der Waals surface area contributed by atoms with Gasteiger partial charge in [-0.25, -0.2) is 18.1 Å². The van der Waals surface area contributed by atoms with E-state index in [-0.39, 0.29) is 11.2 Å². The molecule has 0 saturated carbocycles. The molecule has 0 aliphatic rings. The summed E-state index contributed by atoms with van der Waals surface area (Å²) in [6, 6.07) is 3.88. The minimum Gasteiger partial charge on any atom is -0.369 e. The number of anilines is 1. The molecule has 108 valence electrons. The van der Waals surface area contributed by atoms with E-state index in [1.165, 1.54) is 0 Å². The number of sulfonamides is 1. The van der Waals surface area contributed by atoms with Gasteiger partial charge in [-0.15, -0.1) is 0 Å². The molecule has 0 aliphatic heterocycles. The van der Waals surface area contributed by atoms with Crippen LogP contribution in [-0.4, -0.2) is 32.2 Å². The average molecular weight is 285 g/mol. The van der Waals surface area contributed by atoms with E-state index >= 15 is 0 Å². The molecule has 0 aliphatic carbocycles. The minimum absolute atomic E-state index is 0.0452. The van der Waals surface area contributed by atoms with Gasteiger partial charge in [0.1, 0.15) is 5.82 Å². The van der Waals surface area contributed by atoms with Gasteiger partial charge in [-0.3, -0.25) is 0 Å². The van der Waals surface area contributed by atoms with E-state index in [2.05, 4.69) is 35.8 Å². The van der Waals surface area contributed by atoms with Gasteiger partial charge in [0, 0.05) is 19.3 Å². The fraction of sp³-hybridized carbons (Fsp3) is 0.615. The Morgan fingerprint density at radius 3 is 2.42 bits per heavy atom. The highest BCUT2D eigenvalue weighted by Gasteiger charge is 2.13. The molecule has 5 nitrogen and oxygen atoms in total. The molecule has 1 rings (SSSR count). The van der Waals surface area contributed by atoms with E-state index in [1.807, 2.05) is 18.3 Å². The smallest absolute Gasteiger partial charge is 0.213 e. The summed E-state index contributed by atoms with van der Waals surface area (Å²) in [4.78, 5) is 4.28. The van der Waals surface area contributed by atoms with Crippen LogP contribution in [0.15, 0.2) is 18.3 Å². The van der Waals surface area contributed by atoms with Crippen molar-refractivity contribution in [3.63, 3.8) is 0 Å². The fourth-order valence-electron chi connectivity index (χ4n) is 1.55. The van der Waals surface area contributed by atoms with E-state index in [9.17, 15) is 8.42 Å². The fourth-order valence-corrected chi connectivity index (χ4v) is 2.50. The zero-order valence-electron chi connectivity index (χ0n) is 12.0. The first-order valence-electron chi connectivity index (χ1n) is 6.42. The summed E-state index contributed by atoms with van der Waals surface area (Å²) in [7, 11) is -3.17. The van der Waals surface area contributed by atoms with Gasteiger partial charge >= 0.3 is 0 Å². The van der Waals surface area contributed by atoms with Crippen LogP contribution in [0.3, 0.4) is 0 Å². The summed E-state index contributed by atoms with van der Waals surface area (Å²) in [5.74, 6) is 0.739. The molecule has 1 aromatic rings. The van der Waals surface area contributed by atoms with Crippen LogP contribution in [0, 0.1) is 0 Å². The van der Waals surface area contributed by atoms with Crippen LogP contribution in [0.5, 0.6) is 0 Å². The molecule has 19 heavy (non-hydrogen) atoms. The van der Waals surface area contributed by atoms with Gasteiger partial charge in [0.25, 0.3) is 0 Å². The van der Waals surface area contributed by atoms with Crippen molar-refractivity contribution in [2.24, 2.45) is 0 Å². The van der Waals surface area contributed by atoms with Crippen molar-refractivity contribution in [3.05, 3.63) is 23.9 Å². The number of hydrogen-bond donors (Lipinski definition) is 2. The van der Waals surface area contributed by atoms with Crippen LogP contribution >= 0.6 is 0 Å². The standard InChI is InChI=1S/C13H23N3O2S/c1-5-16-19(17,18)9-8-14-12-7-6-11(10-15-12)13(2,3)4/h6-7,10,16H,5,8-9H2,1-4H3,(H,14,15). The van der Waals surface area contributed by atoms with Crippen molar-refractivity contribution in [3.8, 4) is 0 Å². The number of rotatable bonds is 6. The lowest BCUT2D eigenvalue weighted by Gasteiger charge is -2.18. The topological polar surface area (TPSA) is 71.1 Å². The molecule has 2 N–H and O–H groups in total. The van der Waals surface area contributed by atoms with Crippen molar-refractivity contribution in [2.75, 3.05) is 24.2 Å². The largest absolute Gasteiger partial charge is 0.369 e. The SMILES string of the molecule is CCNS(=O)(=O)CCNc1ccc(C(C)(C)C)cn1. The first-order chi connectivity index (χ1) is 8.74. The number of pyridine rings is 1. The molecule has 0 fully saturated rings. The lowest BCUT2D eigenvalue weighted by Crippen LogP contribution is -2.29. The molecule has 0 aromatic carbocycles.